The number of benzene rings is 1. The van der Waals surface area contributed by atoms with Crippen LogP contribution < -0.4 is 11.3 Å². The first-order chi connectivity index (χ1) is 11.9. The van der Waals surface area contributed by atoms with Crippen molar-refractivity contribution >= 4 is 15.9 Å². The van der Waals surface area contributed by atoms with Crippen LogP contribution in [0.25, 0.3) is 0 Å². The number of sulfonamides is 1. The average molecular weight is 364 g/mol. The van der Waals surface area contributed by atoms with Crippen molar-refractivity contribution in [2.24, 2.45) is 5.84 Å². The van der Waals surface area contributed by atoms with Crippen LogP contribution in [0.4, 0.5) is 0 Å². The number of hydrazine groups is 1. The zero-order valence-corrected chi connectivity index (χ0v) is 14.6. The van der Waals surface area contributed by atoms with Crippen molar-refractivity contribution < 1.29 is 13.2 Å². The van der Waals surface area contributed by atoms with Gasteiger partial charge in [0.1, 0.15) is 0 Å². The van der Waals surface area contributed by atoms with Gasteiger partial charge in [-0.05, 0) is 31.9 Å². The molecule has 9 nitrogen and oxygen atoms in total. The summed E-state index contributed by atoms with van der Waals surface area (Å²) >= 11 is 0. The summed E-state index contributed by atoms with van der Waals surface area (Å²) in [6.07, 6.45) is 2.72. The monoisotopic (exact) mass is 364 g/mol. The predicted octanol–water partition coefficient (Wildman–Crippen LogP) is 0.216. The highest BCUT2D eigenvalue weighted by atomic mass is 32.2. The topological polar surface area (TPSA) is 123 Å². The van der Waals surface area contributed by atoms with E-state index in [0.29, 0.717) is 30.8 Å². The quantitative estimate of drug-likeness (QED) is 0.454. The van der Waals surface area contributed by atoms with E-state index in [-0.39, 0.29) is 11.7 Å². The first-order valence-corrected chi connectivity index (χ1v) is 9.35. The number of carbonyl (C=O) groups is 1. The fourth-order valence-electron chi connectivity index (χ4n) is 2.84. The maximum Gasteiger partial charge on any atom is 0.287 e. The van der Waals surface area contributed by atoms with Gasteiger partial charge in [0, 0.05) is 13.1 Å². The number of nitrogen functional groups attached to an aromatic ring is 1. The second kappa shape index (κ2) is 6.90. The van der Waals surface area contributed by atoms with Crippen molar-refractivity contribution in [1.82, 2.24) is 24.7 Å². The lowest BCUT2D eigenvalue weighted by molar-refractivity contribution is 0.0948. The van der Waals surface area contributed by atoms with E-state index in [1.54, 1.807) is 28.9 Å². The minimum atomic E-state index is -3.49. The minimum Gasteiger partial charge on any atom is -0.289 e. The van der Waals surface area contributed by atoms with Gasteiger partial charge in [0.2, 0.25) is 10.0 Å². The normalized spacial score (nSPS) is 16.7. The molecule has 0 aliphatic carbocycles. The number of amides is 1. The van der Waals surface area contributed by atoms with Crippen LogP contribution >= 0.6 is 0 Å². The van der Waals surface area contributed by atoms with Crippen LogP contribution in [-0.4, -0.2) is 46.7 Å². The van der Waals surface area contributed by atoms with Gasteiger partial charge in [-0.2, -0.15) is 4.31 Å². The molecule has 3 N–H and O–H groups in total. The number of aryl methyl sites for hydroxylation is 1. The van der Waals surface area contributed by atoms with E-state index in [4.69, 9.17) is 5.84 Å². The highest BCUT2D eigenvalue weighted by Gasteiger charge is 2.30. The molecular formula is C15H20N6O3S. The third-order valence-corrected chi connectivity index (χ3v) is 6.24. The zero-order valence-electron chi connectivity index (χ0n) is 13.8. The highest BCUT2D eigenvalue weighted by molar-refractivity contribution is 7.89. The Kier molecular flexibility index (Phi) is 4.84. The number of nitrogens with one attached hydrogen (secondary N) is 1. The summed E-state index contributed by atoms with van der Waals surface area (Å²) < 4.78 is 28.5. The van der Waals surface area contributed by atoms with Gasteiger partial charge in [-0.1, -0.05) is 22.9 Å². The van der Waals surface area contributed by atoms with Gasteiger partial charge in [-0.25, -0.2) is 18.9 Å². The smallest absolute Gasteiger partial charge is 0.287 e. The number of nitrogens with two attached hydrogens (primary N) is 1. The lowest BCUT2D eigenvalue weighted by atomic mass is 10.1. The molecule has 0 unspecified atom stereocenters. The summed E-state index contributed by atoms with van der Waals surface area (Å²) in [7, 11) is -3.49. The van der Waals surface area contributed by atoms with Crippen LogP contribution in [-0.2, 0) is 10.0 Å². The molecule has 3 rings (SSSR count). The number of piperidine rings is 1. The van der Waals surface area contributed by atoms with Gasteiger partial charge < -0.3 is 0 Å². The van der Waals surface area contributed by atoms with Crippen molar-refractivity contribution in [3.05, 3.63) is 41.7 Å². The van der Waals surface area contributed by atoms with Crippen LogP contribution in [0.1, 0.15) is 34.9 Å². The van der Waals surface area contributed by atoms with Gasteiger partial charge in [-0.3, -0.25) is 10.2 Å². The van der Waals surface area contributed by atoms with Gasteiger partial charge in [-0.15, -0.1) is 5.10 Å². The third-order valence-electron chi connectivity index (χ3n) is 4.33. The zero-order chi connectivity index (χ0) is 18.0. The summed E-state index contributed by atoms with van der Waals surface area (Å²) in [5.41, 5.74) is 3.16. The summed E-state index contributed by atoms with van der Waals surface area (Å²) in [5, 5.41) is 7.72. The highest BCUT2D eigenvalue weighted by Crippen LogP contribution is 2.26. The third kappa shape index (κ3) is 3.55. The molecule has 2 aromatic rings. The molecule has 1 aromatic carbocycles. The molecular weight excluding hydrogens is 344 g/mol. The van der Waals surface area contributed by atoms with E-state index in [1.807, 2.05) is 12.3 Å². The molecule has 0 spiro atoms. The van der Waals surface area contributed by atoms with Crippen LogP contribution in [0.2, 0.25) is 0 Å². The minimum absolute atomic E-state index is 0.00343. The number of rotatable bonds is 4. The van der Waals surface area contributed by atoms with Crippen molar-refractivity contribution in [2.75, 3.05) is 13.1 Å². The number of carbonyl (C=O) groups excluding carboxylic acids is 1. The summed E-state index contributed by atoms with van der Waals surface area (Å²) in [6.45, 7) is 2.69. The Labute approximate surface area is 145 Å². The maximum absolute atomic E-state index is 12.7. The second-order valence-electron chi connectivity index (χ2n) is 6.01. The van der Waals surface area contributed by atoms with E-state index < -0.39 is 15.9 Å². The Hall–Kier alpha value is -2.30. The van der Waals surface area contributed by atoms with Crippen molar-refractivity contribution in [2.45, 2.75) is 30.7 Å². The van der Waals surface area contributed by atoms with Crippen molar-refractivity contribution in [1.29, 1.82) is 0 Å². The first kappa shape index (κ1) is 17.5. The number of hydrogen-bond acceptors (Lipinski definition) is 6. The van der Waals surface area contributed by atoms with Crippen molar-refractivity contribution in [3.8, 4) is 0 Å². The first-order valence-electron chi connectivity index (χ1n) is 7.91. The standard InChI is InChI=1S/C15H20N6O3S/c1-11-2-4-13(5-3-11)25(23,24)20-8-6-12(7-9-20)21-10-14(18-19-21)15(22)17-16/h2-5,10,12H,6-9,16H2,1H3,(H,17,22). The Balaban J connectivity index is 1.68. The molecule has 1 aromatic heterocycles. The number of aromatic nitrogens is 3. The van der Waals surface area contributed by atoms with Crippen LogP contribution in [0.15, 0.2) is 35.4 Å². The molecule has 1 aliphatic rings. The molecule has 2 heterocycles. The summed E-state index contributed by atoms with van der Waals surface area (Å²) in [5.74, 6) is 4.56. The lowest BCUT2D eigenvalue weighted by Crippen LogP contribution is -2.39. The molecule has 1 saturated heterocycles. The Morgan fingerprint density at radius 1 is 1.24 bits per heavy atom. The largest absolute Gasteiger partial charge is 0.289 e. The van der Waals surface area contributed by atoms with Gasteiger partial charge >= 0.3 is 0 Å². The van der Waals surface area contributed by atoms with E-state index >= 15 is 0 Å². The maximum atomic E-state index is 12.7. The molecule has 0 bridgehead atoms. The predicted molar refractivity (Wildman–Crippen MR) is 89.9 cm³/mol. The SMILES string of the molecule is Cc1ccc(S(=O)(=O)N2CCC(n3cc(C(=O)NN)nn3)CC2)cc1. The molecule has 134 valence electrons. The molecule has 25 heavy (non-hydrogen) atoms. The Morgan fingerprint density at radius 2 is 1.88 bits per heavy atom. The Morgan fingerprint density at radius 3 is 2.48 bits per heavy atom. The van der Waals surface area contributed by atoms with Crippen LogP contribution in [0.3, 0.4) is 0 Å². The second-order valence-corrected chi connectivity index (χ2v) is 7.94. The molecule has 1 amide bonds. The van der Waals surface area contributed by atoms with Gasteiger partial charge in [0.05, 0.1) is 17.1 Å². The van der Waals surface area contributed by atoms with Crippen LogP contribution in [0.5, 0.6) is 0 Å². The molecule has 1 fully saturated rings. The number of hydrogen-bond donors (Lipinski definition) is 2. The van der Waals surface area contributed by atoms with E-state index in [9.17, 15) is 13.2 Å². The van der Waals surface area contributed by atoms with Crippen molar-refractivity contribution in [3.63, 3.8) is 0 Å². The molecule has 1 aliphatic heterocycles. The molecule has 0 saturated carbocycles. The molecule has 10 heteroatoms. The molecule has 0 atom stereocenters. The molecule has 0 radical (unpaired) electrons. The fraction of sp³-hybridized carbons (Fsp3) is 0.400. The number of nitrogens with zero attached hydrogens (tertiary/aromatic N) is 4. The van der Waals surface area contributed by atoms with Gasteiger partial charge in [0.25, 0.3) is 5.91 Å². The summed E-state index contributed by atoms with van der Waals surface area (Å²) in [6, 6.07) is 6.84. The van der Waals surface area contributed by atoms with Gasteiger partial charge in [0.15, 0.2) is 5.69 Å². The summed E-state index contributed by atoms with van der Waals surface area (Å²) in [4.78, 5) is 11.7. The lowest BCUT2D eigenvalue weighted by Gasteiger charge is -2.31. The fourth-order valence-corrected chi connectivity index (χ4v) is 4.31. The average Bonchev–Trinajstić information content (AvgIpc) is 3.11. The van der Waals surface area contributed by atoms with Crippen LogP contribution in [0, 0.1) is 6.92 Å². The Bertz CT molecular complexity index is 854. The van der Waals surface area contributed by atoms with E-state index in [0.717, 1.165) is 5.56 Å². The van der Waals surface area contributed by atoms with E-state index in [2.05, 4.69) is 10.3 Å². The van der Waals surface area contributed by atoms with E-state index in [1.165, 1.54) is 10.5 Å².